The minimum Gasteiger partial charge on any atom is -0.361 e. The Balaban J connectivity index is 1.47. The summed E-state index contributed by atoms with van der Waals surface area (Å²) in [6.07, 6.45) is 3.24. The highest BCUT2D eigenvalue weighted by Crippen LogP contribution is 2.36. The highest BCUT2D eigenvalue weighted by Gasteiger charge is 2.37. The van der Waals surface area contributed by atoms with E-state index in [1.54, 1.807) is 37.9 Å². The van der Waals surface area contributed by atoms with Crippen molar-refractivity contribution in [3.8, 4) is 11.1 Å². The van der Waals surface area contributed by atoms with Gasteiger partial charge in [0, 0.05) is 37.7 Å². The van der Waals surface area contributed by atoms with Crippen molar-refractivity contribution in [1.82, 2.24) is 24.7 Å². The van der Waals surface area contributed by atoms with Crippen LogP contribution >= 0.6 is 0 Å². The fraction of sp³-hybridized carbons (Fsp3) is 0.348. The third-order valence-corrected chi connectivity index (χ3v) is 5.98. The molecule has 0 bridgehead atoms. The summed E-state index contributed by atoms with van der Waals surface area (Å²) in [5, 5.41) is 15.1. The molecule has 0 unspecified atom stereocenters. The molecule has 8 nitrogen and oxygen atoms in total. The van der Waals surface area contributed by atoms with E-state index in [1.165, 1.54) is 4.90 Å². The molecular formula is C23H24F2N6O2. The molecule has 10 heteroatoms. The topological polar surface area (TPSA) is 87.6 Å². The van der Waals surface area contributed by atoms with Crippen LogP contribution in [0.3, 0.4) is 0 Å². The van der Waals surface area contributed by atoms with Crippen molar-refractivity contribution < 1.29 is 18.3 Å². The first-order chi connectivity index (χ1) is 15.8. The standard InChI is InChI=1S/C23H24F2N6O2/c1-12-19(16-9-27-28-22(16)20(21(12)25)23(32)30(2)3)13-4-5-31-15(6-13)8-18(29-31)26-11-33-10-14-7-17(14)24/h4-6,8-9,14,17H,7,10-11H2,1-3H3,(H,26,29)(H,27,28)/t14-,17-/m0/s1. The lowest BCUT2D eigenvalue weighted by Gasteiger charge is -2.16. The molecule has 172 valence electrons. The maximum atomic E-state index is 15.4. The fourth-order valence-electron chi connectivity index (χ4n) is 4.03. The number of halogens is 2. The number of benzene rings is 1. The van der Waals surface area contributed by atoms with Gasteiger partial charge in [-0.1, -0.05) is 0 Å². The number of H-pyrrole nitrogens is 1. The maximum absolute atomic E-state index is 15.4. The zero-order valence-corrected chi connectivity index (χ0v) is 18.5. The first kappa shape index (κ1) is 21.3. The molecule has 33 heavy (non-hydrogen) atoms. The molecule has 3 heterocycles. The van der Waals surface area contributed by atoms with Crippen LogP contribution in [0.4, 0.5) is 14.6 Å². The minimum atomic E-state index is -0.733. The highest BCUT2D eigenvalue weighted by atomic mass is 19.1. The lowest BCUT2D eigenvalue weighted by molar-refractivity contribution is 0.0824. The van der Waals surface area contributed by atoms with Crippen molar-refractivity contribution in [3.63, 3.8) is 0 Å². The van der Waals surface area contributed by atoms with E-state index in [2.05, 4.69) is 20.6 Å². The van der Waals surface area contributed by atoms with Gasteiger partial charge in [-0.3, -0.25) is 9.89 Å². The summed E-state index contributed by atoms with van der Waals surface area (Å²) in [6.45, 7) is 2.29. The minimum absolute atomic E-state index is 0.0122. The van der Waals surface area contributed by atoms with Crippen LogP contribution in [0, 0.1) is 18.7 Å². The van der Waals surface area contributed by atoms with Crippen molar-refractivity contribution in [3.05, 3.63) is 47.5 Å². The summed E-state index contributed by atoms with van der Waals surface area (Å²) in [5.74, 6) is -0.370. The van der Waals surface area contributed by atoms with Gasteiger partial charge in [-0.15, -0.1) is 0 Å². The molecule has 0 saturated heterocycles. The molecule has 1 amide bonds. The van der Waals surface area contributed by atoms with Crippen LogP contribution < -0.4 is 5.32 Å². The Morgan fingerprint density at radius 3 is 2.91 bits per heavy atom. The molecule has 0 radical (unpaired) electrons. The molecule has 1 aromatic carbocycles. The van der Waals surface area contributed by atoms with Gasteiger partial charge < -0.3 is 15.0 Å². The average molecular weight is 454 g/mol. The molecule has 0 aliphatic heterocycles. The number of alkyl halides is 1. The van der Waals surface area contributed by atoms with Gasteiger partial charge in [0.25, 0.3) is 5.91 Å². The second kappa shape index (κ2) is 8.11. The Morgan fingerprint density at radius 1 is 1.39 bits per heavy atom. The summed E-state index contributed by atoms with van der Waals surface area (Å²) in [4.78, 5) is 14.0. The SMILES string of the molecule is Cc1c(F)c(C(=O)N(C)C)c2[nH]ncc2c1-c1ccn2nc(NCOC[C@@H]3C[C@@H]3F)cc2c1. The highest BCUT2D eigenvalue weighted by molar-refractivity contribution is 6.10. The fourth-order valence-corrected chi connectivity index (χ4v) is 4.03. The molecule has 3 aromatic heterocycles. The number of hydrogen-bond acceptors (Lipinski definition) is 5. The molecule has 1 aliphatic rings. The van der Waals surface area contributed by atoms with Gasteiger partial charge in [-0.05, 0) is 42.2 Å². The van der Waals surface area contributed by atoms with Crippen LogP contribution in [-0.2, 0) is 4.74 Å². The number of fused-ring (bicyclic) bond motifs is 2. The smallest absolute Gasteiger partial charge is 0.258 e. The number of ether oxygens (including phenoxy) is 1. The lowest BCUT2D eigenvalue weighted by Crippen LogP contribution is -2.23. The third-order valence-electron chi connectivity index (χ3n) is 5.98. The summed E-state index contributed by atoms with van der Waals surface area (Å²) < 4.78 is 35.4. The summed E-state index contributed by atoms with van der Waals surface area (Å²) in [6, 6.07) is 5.60. The Kier molecular flexibility index (Phi) is 5.24. The lowest BCUT2D eigenvalue weighted by atomic mass is 9.93. The van der Waals surface area contributed by atoms with E-state index >= 15 is 4.39 Å². The van der Waals surface area contributed by atoms with Gasteiger partial charge in [0.2, 0.25) is 0 Å². The number of rotatable bonds is 7. The van der Waals surface area contributed by atoms with Gasteiger partial charge in [0.1, 0.15) is 24.3 Å². The van der Waals surface area contributed by atoms with Crippen molar-refractivity contribution in [2.75, 3.05) is 32.7 Å². The molecular weight excluding hydrogens is 430 g/mol. The molecule has 1 fully saturated rings. The summed E-state index contributed by atoms with van der Waals surface area (Å²) in [5.41, 5.74) is 2.96. The van der Waals surface area contributed by atoms with Crippen LogP contribution in [-0.4, -0.2) is 64.2 Å². The number of aromatic amines is 1. The number of amides is 1. The van der Waals surface area contributed by atoms with Crippen LogP contribution in [0.15, 0.2) is 30.6 Å². The summed E-state index contributed by atoms with van der Waals surface area (Å²) >= 11 is 0. The van der Waals surface area contributed by atoms with Gasteiger partial charge >= 0.3 is 0 Å². The van der Waals surface area contributed by atoms with Crippen LogP contribution in [0.2, 0.25) is 0 Å². The second-order valence-corrected chi connectivity index (χ2v) is 8.57. The maximum Gasteiger partial charge on any atom is 0.258 e. The Labute approximate surface area is 188 Å². The Bertz CT molecular complexity index is 1360. The van der Waals surface area contributed by atoms with Crippen molar-refractivity contribution >= 4 is 28.1 Å². The van der Waals surface area contributed by atoms with Gasteiger partial charge in [-0.2, -0.15) is 10.2 Å². The zero-order chi connectivity index (χ0) is 23.3. The van der Waals surface area contributed by atoms with Crippen LogP contribution in [0.1, 0.15) is 22.3 Å². The normalized spacial score (nSPS) is 17.6. The first-order valence-electron chi connectivity index (χ1n) is 10.7. The number of carbonyl (C=O) groups excluding carboxylic acids is 1. The monoisotopic (exact) mass is 454 g/mol. The number of carbonyl (C=O) groups is 1. The largest absolute Gasteiger partial charge is 0.361 e. The van der Waals surface area contributed by atoms with Gasteiger partial charge in [-0.25, -0.2) is 13.3 Å². The van der Waals surface area contributed by atoms with Crippen molar-refractivity contribution in [2.45, 2.75) is 19.5 Å². The molecule has 0 spiro atoms. The second-order valence-electron chi connectivity index (χ2n) is 8.57. The molecule has 2 N–H and O–H groups in total. The van der Waals surface area contributed by atoms with E-state index < -0.39 is 17.9 Å². The Morgan fingerprint density at radius 2 is 2.18 bits per heavy atom. The van der Waals surface area contributed by atoms with E-state index in [0.29, 0.717) is 40.9 Å². The molecule has 1 aliphatic carbocycles. The average Bonchev–Trinajstić information content (AvgIpc) is 3.15. The van der Waals surface area contributed by atoms with Gasteiger partial charge in [0.15, 0.2) is 5.82 Å². The zero-order valence-electron chi connectivity index (χ0n) is 18.5. The summed E-state index contributed by atoms with van der Waals surface area (Å²) in [7, 11) is 3.17. The predicted molar refractivity (Wildman–Crippen MR) is 120 cm³/mol. The number of pyridine rings is 1. The predicted octanol–water partition coefficient (Wildman–Crippen LogP) is 3.77. The number of nitrogens with zero attached hydrogens (tertiary/aromatic N) is 4. The number of hydrogen-bond donors (Lipinski definition) is 2. The number of anilines is 1. The van der Waals surface area contributed by atoms with E-state index in [4.69, 9.17) is 4.74 Å². The van der Waals surface area contributed by atoms with E-state index in [1.807, 2.05) is 18.2 Å². The Hall–Kier alpha value is -3.53. The van der Waals surface area contributed by atoms with Crippen LogP contribution in [0.5, 0.6) is 0 Å². The van der Waals surface area contributed by atoms with E-state index in [0.717, 1.165) is 11.1 Å². The van der Waals surface area contributed by atoms with Crippen molar-refractivity contribution in [2.24, 2.45) is 5.92 Å². The number of aromatic nitrogens is 4. The molecule has 2 atom stereocenters. The number of nitrogens with one attached hydrogen (secondary N) is 2. The third kappa shape index (κ3) is 3.80. The van der Waals surface area contributed by atoms with E-state index in [-0.39, 0.29) is 18.2 Å². The molecule has 5 rings (SSSR count). The van der Waals surface area contributed by atoms with Gasteiger partial charge in [0.05, 0.1) is 23.8 Å². The molecule has 4 aromatic rings. The van der Waals surface area contributed by atoms with Crippen LogP contribution in [0.25, 0.3) is 27.5 Å². The van der Waals surface area contributed by atoms with Crippen molar-refractivity contribution in [1.29, 1.82) is 0 Å². The van der Waals surface area contributed by atoms with E-state index in [9.17, 15) is 9.18 Å². The molecule has 1 saturated carbocycles. The first-order valence-corrected chi connectivity index (χ1v) is 10.7. The quantitative estimate of drug-likeness (QED) is 0.328.